The first kappa shape index (κ1) is 9.45. The molecule has 4 heteroatoms. The monoisotopic (exact) mass is 292 g/mol. The van der Waals surface area contributed by atoms with Crippen molar-refractivity contribution in [3.63, 3.8) is 0 Å². The van der Waals surface area contributed by atoms with Crippen LogP contribution in [0.5, 0.6) is 0 Å². The fourth-order valence-corrected chi connectivity index (χ4v) is 2.22. The van der Waals surface area contributed by atoms with E-state index in [2.05, 4.69) is 40.8 Å². The lowest BCUT2D eigenvalue weighted by atomic mass is 9.77. The summed E-state index contributed by atoms with van der Waals surface area (Å²) in [4.78, 5) is 0. The zero-order chi connectivity index (χ0) is 9.47. The lowest BCUT2D eigenvalue weighted by Crippen LogP contribution is -2.43. The smallest absolute Gasteiger partial charge is 0.0691 e. The van der Waals surface area contributed by atoms with Crippen LogP contribution < -0.4 is 0 Å². The van der Waals surface area contributed by atoms with Gasteiger partial charge in [0.05, 0.1) is 21.4 Å². The zero-order valence-electron chi connectivity index (χ0n) is 7.83. The van der Waals surface area contributed by atoms with E-state index in [4.69, 9.17) is 4.74 Å². The van der Waals surface area contributed by atoms with E-state index in [-0.39, 0.29) is 5.60 Å². The molecule has 0 radical (unpaired) electrons. The number of aromatic nitrogens is 2. The maximum Gasteiger partial charge on any atom is 0.0691 e. The van der Waals surface area contributed by atoms with Crippen molar-refractivity contribution in [2.75, 3.05) is 7.11 Å². The molecule has 0 aromatic carbocycles. The number of methoxy groups -OCH3 is 1. The number of rotatable bonds is 2. The minimum atomic E-state index is 0.0854. The summed E-state index contributed by atoms with van der Waals surface area (Å²) in [6.45, 7) is 2.15. The van der Waals surface area contributed by atoms with E-state index < -0.39 is 0 Å². The van der Waals surface area contributed by atoms with Gasteiger partial charge in [-0.3, -0.25) is 4.68 Å². The first-order valence-electron chi connectivity index (χ1n) is 4.38. The van der Waals surface area contributed by atoms with Crippen molar-refractivity contribution in [3.8, 4) is 0 Å². The molecule has 2 rings (SSSR count). The summed E-state index contributed by atoms with van der Waals surface area (Å²) in [6, 6.07) is 0.536. The summed E-state index contributed by atoms with van der Waals surface area (Å²) in [6.07, 6.45) is 6.12. The summed E-state index contributed by atoms with van der Waals surface area (Å²) in [5, 5.41) is 4.29. The highest BCUT2D eigenvalue weighted by Crippen LogP contribution is 2.42. The van der Waals surface area contributed by atoms with Crippen molar-refractivity contribution in [3.05, 3.63) is 16.0 Å². The van der Waals surface area contributed by atoms with Crippen LogP contribution in [0.4, 0.5) is 0 Å². The average Bonchev–Trinajstić information content (AvgIpc) is 2.46. The van der Waals surface area contributed by atoms with Crippen LogP contribution in [0.3, 0.4) is 0 Å². The van der Waals surface area contributed by atoms with Gasteiger partial charge in [0.1, 0.15) is 0 Å². The molecule has 1 fully saturated rings. The van der Waals surface area contributed by atoms with Gasteiger partial charge in [-0.15, -0.1) is 0 Å². The molecule has 1 aromatic rings. The van der Waals surface area contributed by atoms with E-state index in [9.17, 15) is 0 Å². The SMILES string of the molecule is COC1(C)CC(n2cc(I)cn2)C1. The van der Waals surface area contributed by atoms with E-state index in [0.29, 0.717) is 6.04 Å². The van der Waals surface area contributed by atoms with Gasteiger partial charge in [-0.25, -0.2) is 0 Å². The number of nitrogens with zero attached hydrogens (tertiary/aromatic N) is 2. The van der Waals surface area contributed by atoms with Crippen LogP contribution in [0.15, 0.2) is 12.4 Å². The van der Waals surface area contributed by atoms with E-state index in [1.807, 2.05) is 10.9 Å². The molecule has 72 valence electrons. The molecule has 1 aliphatic carbocycles. The van der Waals surface area contributed by atoms with Gasteiger partial charge in [-0.1, -0.05) is 0 Å². The molecule has 1 heterocycles. The molecule has 0 aliphatic heterocycles. The molecule has 1 saturated carbocycles. The minimum absolute atomic E-state index is 0.0854. The number of halogens is 1. The molecule has 0 spiro atoms. The lowest BCUT2D eigenvalue weighted by Gasteiger charge is -2.43. The van der Waals surface area contributed by atoms with E-state index >= 15 is 0 Å². The third-order valence-corrected chi connectivity index (χ3v) is 3.33. The standard InChI is InChI=1S/C9H13IN2O/c1-9(13-2)3-8(4-9)12-6-7(10)5-11-12/h5-6,8H,3-4H2,1-2H3. The topological polar surface area (TPSA) is 27.1 Å². The second-order valence-electron chi connectivity index (χ2n) is 3.85. The Morgan fingerprint density at radius 1 is 1.69 bits per heavy atom. The summed E-state index contributed by atoms with van der Waals surface area (Å²) < 4.78 is 8.63. The number of hydrogen-bond donors (Lipinski definition) is 0. The molecule has 1 aliphatic rings. The van der Waals surface area contributed by atoms with Gasteiger partial charge in [0.15, 0.2) is 0 Å². The number of hydrogen-bond acceptors (Lipinski definition) is 2. The Bertz CT molecular complexity index is 304. The third kappa shape index (κ3) is 1.74. The van der Waals surface area contributed by atoms with Gasteiger partial charge in [0.25, 0.3) is 0 Å². The lowest BCUT2D eigenvalue weighted by molar-refractivity contribution is -0.0875. The fraction of sp³-hybridized carbons (Fsp3) is 0.667. The van der Waals surface area contributed by atoms with Crippen molar-refractivity contribution in [1.29, 1.82) is 0 Å². The van der Waals surface area contributed by atoms with Crippen molar-refractivity contribution < 1.29 is 4.74 Å². The molecular formula is C9H13IN2O. The molecule has 1 aromatic heterocycles. The first-order chi connectivity index (χ1) is 6.13. The number of ether oxygens (including phenoxy) is 1. The summed E-state index contributed by atoms with van der Waals surface area (Å²) in [5.74, 6) is 0. The Hall–Kier alpha value is -0.100. The van der Waals surface area contributed by atoms with Crippen LogP contribution >= 0.6 is 22.6 Å². The molecule has 3 nitrogen and oxygen atoms in total. The van der Waals surface area contributed by atoms with E-state index in [1.165, 1.54) is 3.57 Å². The zero-order valence-corrected chi connectivity index (χ0v) is 9.98. The third-order valence-electron chi connectivity index (χ3n) is 2.77. The van der Waals surface area contributed by atoms with Crippen LogP contribution in [-0.4, -0.2) is 22.5 Å². The molecule has 0 N–H and O–H groups in total. The highest BCUT2D eigenvalue weighted by Gasteiger charge is 2.41. The molecular weight excluding hydrogens is 279 g/mol. The molecule has 0 bridgehead atoms. The molecule has 0 atom stereocenters. The molecule has 0 amide bonds. The van der Waals surface area contributed by atoms with Crippen molar-refractivity contribution >= 4 is 22.6 Å². The Balaban J connectivity index is 2.01. The Kier molecular flexibility index (Phi) is 2.35. The van der Waals surface area contributed by atoms with Crippen LogP contribution in [0, 0.1) is 3.57 Å². The van der Waals surface area contributed by atoms with Crippen molar-refractivity contribution in [2.24, 2.45) is 0 Å². The highest BCUT2D eigenvalue weighted by atomic mass is 127. The average molecular weight is 292 g/mol. The van der Waals surface area contributed by atoms with E-state index in [0.717, 1.165) is 12.8 Å². The normalized spacial score (nSPS) is 33.0. The highest BCUT2D eigenvalue weighted by molar-refractivity contribution is 14.1. The van der Waals surface area contributed by atoms with Crippen molar-refractivity contribution in [2.45, 2.75) is 31.4 Å². The Morgan fingerprint density at radius 2 is 2.38 bits per heavy atom. The quantitative estimate of drug-likeness (QED) is 0.782. The van der Waals surface area contributed by atoms with Gasteiger partial charge < -0.3 is 4.74 Å². The summed E-state index contributed by atoms with van der Waals surface area (Å²) in [5.41, 5.74) is 0.0854. The predicted octanol–water partition coefficient (Wildman–Crippen LogP) is 2.23. The molecule has 0 saturated heterocycles. The van der Waals surface area contributed by atoms with Crippen LogP contribution in [-0.2, 0) is 4.74 Å². The Labute approximate surface area is 91.6 Å². The summed E-state index contributed by atoms with van der Waals surface area (Å²) in [7, 11) is 1.78. The maximum absolute atomic E-state index is 5.39. The van der Waals surface area contributed by atoms with Gasteiger partial charge in [-0.2, -0.15) is 5.10 Å². The fourth-order valence-electron chi connectivity index (χ4n) is 1.81. The summed E-state index contributed by atoms with van der Waals surface area (Å²) >= 11 is 2.28. The second kappa shape index (κ2) is 3.24. The minimum Gasteiger partial charge on any atom is -0.378 e. The van der Waals surface area contributed by atoms with Crippen LogP contribution in [0.2, 0.25) is 0 Å². The van der Waals surface area contributed by atoms with Crippen molar-refractivity contribution in [1.82, 2.24) is 9.78 Å². The largest absolute Gasteiger partial charge is 0.378 e. The van der Waals surface area contributed by atoms with E-state index in [1.54, 1.807) is 7.11 Å². The first-order valence-corrected chi connectivity index (χ1v) is 5.46. The van der Waals surface area contributed by atoms with Gasteiger partial charge in [0, 0.05) is 13.3 Å². The molecule has 0 unspecified atom stereocenters. The predicted molar refractivity (Wildman–Crippen MR) is 58.6 cm³/mol. The van der Waals surface area contributed by atoms with Gasteiger partial charge in [-0.05, 0) is 42.4 Å². The van der Waals surface area contributed by atoms with Gasteiger partial charge in [0.2, 0.25) is 0 Å². The van der Waals surface area contributed by atoms with Crippen LogP contribution in [0.1, 0.15) is 25.8 Å². The maximum atomic E-state index is 5.39. The molecule has 13 heavy (non-hydrogen) atoms. The Morgan fingerprint density at radius 3 is 2.85 bits per heavy atom. The van der Waals surface area contributed by atoms with Gasteiger partial charge >= 0.3 is 0 Å². The van der Waals surface area contributed by atoms with Crippen LogP contribution in [0.25, 0.3) is 0 Å². The second-order valence-corrected chi connectivity index (χ2v) is 5.10.